The van der Waals surface area contributed by atoms with E-state index in [-0.39, 0.29) is 18.3 Å². The van der Waals surface area contributed by atoms with Gasteiger partial charge < -0.3 is 15.0 Å². The van der Waals surface area contributed by atoms with Gasteiger partial charge in [-0.1, -0.05) is 12.1 Å². The number of nitrogens with zero attached hydrogens (tertiary/aromatic N) is 2. The summed E-state index contributed by atoms with van der Waals surface area (Å²) in [5.41, 5.74) is 1.58. The van der Waals surface area contributed by atoms with Crippen LogP contribution in [0.3, 0.4) is 0 Å². The van der Waals surface area contributed by atoms with E-state index in [9.17, 15) is 14.0 Å². The molecule has 6 nitrogen and oxygen atoms in total. The van der Waals surface area contributed by atoms with Crippen LogP contribution in [0.5, 0.6) is 0 Å². The third-order valence-corrected chi connectivity index (χ3v) is 4.12. The molecule has 2 amide bonds. The maximum atomic E-state index is 13.2. The summed E-state index contributed by atoms with van der Waals surface area (Å²) in [4.78, 5) is 30.2. The van der Waals surface area contributed by atoms with Crippen LogP contribution in [0.2, 0.25) is 0 Å². The van der Waals surface area contributed by atoms with E-state index < -0.39 is 18.1 Å². The van der Waals surface area contributed by atoms with Crippen molar-refractivity contribution in [1.82, 2.24) is 9.88 Å². The van der Waals surface area contributed by atoms with E-state index in [1.165, 1.54) is 17.0 Å². The molecule has 0 aliphatic carbocycles. The summed E-state index contributed by atoms with van der Waals surface area (Å²) in [5.74, 6) is -0.635. The lowest BCUT2D eigenvalue weighted by molar-refractivity contribution is -0.160. The summed E-state index contributed by atoms with van der Waals surface area (Å²) in [7, 11) is 1.60. The first-order chi connectivity index (χ1) is 12.0. The summed E-state index contributed by atoms with van der Waals surface area (Å²) in [6.07, 6.45) is 0.676. The molecule has 1 aliphatic heterocycles. The molecule has 3 rings (SSSR count). The fourth-order valence-electron chi connectivity index (χ4n) is 2.79. The van der Waals surface area contributed by atoms with Crippen LogP contribution in [-0.4, -0.2) is 41.5 Å². The van der Waals surface area contributed by atoms with E-state index in [1.54, 1.807) is 31.4 Å². The minimum atomic E-state index is -0.921. The van der Waals surface area contributed by atoms with Crippen molar-refractivity contribution < 1.29 is 18.7 Å². The van der Waals surface area contributed by atoms with Crippen molar-refractivity contribution in [3.05, 3.63) is 59.5 Å². The number of aryl methyl sites for hydroxylation is 1. The van der Waals surface area contributed by atoms with Gasteiger partial charge >= 0.3 is 0 Å². The Morgan fingerprint density at radius 3 is 2.72 bits per heavy atom. The molecular formula is C18H18FN3O3. The van der Waals surface area contributed by atoms with Gasteiger partial charge in [0.2, 0.25) is 5.91 Å². The number of hydrogen-bond acceptors (Lipinski definition) is 4. The maximum absolute atomic E-state index is 13.2. The van der Waals surface area contributed by atoms with Crippen LogP contribution in [0.4, 0.5) is 10.2 Å². The molecule has 0 bridgehead atoms. The Bertz CT molecular complexity index is 794. The molecule has 1 N–H and O–H groups in total. The van der Waals surface area contributed by atoms with Crippen LogP contribution in [0.25, 0.3) is 0 Å². The molecule has 1 saturated heterocycles. The number of carbonyl (C=O) groups is 2. The Hall–Kier alpha value is -2.80. The largest absolute Gasteiger partial charge is 0.356 e. The van der Waals surface area contributed by atoms with Crippen molar-refractivity contribution in [2.75, 3.05) is 19.0 Å². The summed E-state index contributed by atoms with van der Waals surface area (Å²) < 4.78 is 18.7. The molecular weight excluding hydrogens is 325 g/mol. The highest BCUT2D eigenvalue weighted by molar-refractivity contribution is 5.95. The topological polar surface area (TPSA) is 71.5 Å². The number of morpholine rings is 1. The number of ether oxygens (including phenoxy) is 1. The van der Waals surface area contributed by atoms with Crippen molar-refractivity contribution in [2.45, 2.75) is 19.1 Å². The Labute approximate surface area is 144 Å². The minimum Gasteiger partial charge on any atom is -0.356 e. The second kappa shape index (κ2) is 6.98. The Balaban J connectivity index is 1.87. The number of carbonyl (C=O) groups excluding carboxylic acids is 2. The predicted molar refractivity (Wildman–Crippen MR) is 89.3 cm³/mol. The summed E-state index contributed by atoms with van der Waals surface area (Å²) in [5, 5.41) is 2.71. The van der Waals surface area contributed by atoms with Crippen molar-refractivity contribution in [2.24, 2.45) is 0 Å². The number of nitrogens with one attached hydrogen (secondary N) is 1. The molecule has 1 fully saturated rings. The van der Waals surface area contributed by atoms with Crippen LogP contribution in [-0.2, 0) is 14.3 Å². The molecule has 2 heterocycles. The molecule has 2 atom stereocenters. The average Bonchev–Trinajstić information content (AvgIpc) is 2.58. The number of hydrogen-bond donors (Lipinski definition) is 1. The van der Waals surface area contributed by atoms with Gasteiger partial charge in [0.05, 0.1) is 6.04 Å². The van der Waals surface area contributed by atoms with Gasteiger partial charge in [-0.2, -0.15) is 0 Å². The summed E-state index contributed by atoms with van der Waals surface area (Å²) in [6.45, 7) is 1.70. The Morgan fingerprint density at radius 1 is 1.32 bits per heavy atom. The normalized spacial score (nSPS) is 20.4. The lowest BCUT2D eigenvalue weighted by Gasteiger charge is -2.38. The fourth-order valence-corrected chi connectivity index (χ4v) is 2.79. The van der Waals surface area contributed by atoms with Gasteiger partial charge in [0.1, 0.15) is 18.2 Å². The SMILES string of the molecule is Cc1ccnc(NC(=O)C2OCC(=O)N(C)C2c2ccc(F)cc2)c1. The van der Waals surface area contributed by atoms with Crippen molar-refractivity contribution in [3.8, 4) is 0 Å². The van der Waals surface area contributed by atoms with Gasteiger partial charge in [-0.05, 0) is 42.3 Å². The molecule has 7 heteroatoms. The van der Waals surface area contributed by atoms with Crippen LogP contribution in [0.15, 0.2) is 42.6 Å². The van der Waals surface area contributed by atoms with Gasteiger partial charge in [-0.25, -0.2) is 9.37 Å². The van der Waals surface area contributed by atoms with Crippen LogP contribution < -0.4 is 5.32 Å². The number of likely N-dealkylation sites (N-methyl/N-ethyl adjacent to an activating group) is 1. The summed E-state index contributed by atoms with van der Waals surface area (Å²) >= 11 is 0. The second-order valence-corrected chi connectivity index (χ2v) is 5.94. The molecule has 25 heavy (non-hydrogen) atoms. The number of aromatic nitrogens is 1. The first-order valence-corrected chi connectivity index (χ1v) is 7.82. The van der Waals surface area contributed by atoms with E-state index in [2.05, 4.69) is 10.3 Å². The van der Waals surface area contributed by atoms with Gasteiger partial charge in [0.15, 0.2) is 6.10 Å². The predicted octanol–water partition coefficient (Wildman–Crippen LogP) is 2.07. The smallest absolute Gasteiger partial charge is 0.257 e. The maximum Gasteiger partial charge on any atom is 0.257 e. The number of pyridine rings is 1. The van der Waals surface area contributed by atoms with Gasteiger partial charge in [0.25, 0.3) is 5.91 Å². The molecule has 2 unspecified atom stereocenters. The molecule has 1 aromatic carbocycles. The van der Waals surface area contributed by atoms with Crippen LogP contribution >= 0.6 is 0 Å². The van der Waals surface area contributed by atoms with E-state index in [0.717, 1.165) is 5.56 Å². The Kier molecular flexibility index (Phi) is 4.76. The first-order valence-electron chi connectivity index (χ1n) is 7.82. The number of benzene rings is 1. The average molecular weight is 343 g/mol. The third kappa shape index (κ3) is 3.66. The molecule has 0 saturated carbocycles. The number of halogens is 1. The quantitative estimate of drug-likeness (QED) is 0.926. The highest BCUT2D eigenvalue weighted by Gasteiger charge is 2.40. The van der Waals surface area contributed by atoms with Crippen LogP contribution in [0, 0.1) is 12.7 Å². The highest BCUT2D eigenvalue weighted by Crippen LogP contribution is 2.30. The molecule has 2 aromatic rings. The van der Waals surface area contributed by atoms with Gasteiger partial charge in [-0.15, -0.1) is 0 Å². The van der Waals surface area contributed by atoms with Gasteiger partial charge in [-0.3, -0.25) is 9.59 Å². The number of anilines is 1. The fraction of sp³-hybridized carbons (Fsp3) is 0.278. The lowest BCUT2D eigenvalue weighted by atomic mass is 9.97. The Morgan fingerprint density at radius 2 is 2.04 bits per heavy atom. The van der Waals surface area contributed by atoms with E-state index >= 15 is 0 Å². The molecule has 130 valence electrons. The van der Waals surface area contributed by atoms with Crippen molar-refractivity contribution in [1.29, 1.82) is 0 Å². The minimum absolute atomic E-state index is 0.187. The van der Waals surface area contributed by atoms with Crippen molar-refractivity contribution >= 4 is 17.6 Å². The number of amides is 2. The zero-order chi connectivity index (χ0) is 18.0. The first kappa shape index (κ1) is 17.0. The third-order valence-electron chi connectivity index (χ3n) is 4.12. The zero-order valence-electron chi connectivity index (χ0n) is 13.9. The molecule has 0 spiro atoms. The lowest BCUT2D eigenvalue weighted by Crippen LogP contribution is -2.51. The van der Waals surface area contributed by atoms with Crippen LogP contribution in [0.1, 0.15) is 17.2 Å². The van der Waals surface area contributed by atoms with E-state index in [1.807, 2.05) is 13.0 Å². The monoisotopic (exact) mass is 343 g/mol. The second-order valence-electron chi connectivity index (χ2n) is 5.94. The molecule has 1 aliphatic rings. The number of rotatable bonds is 3. The summed E-state index contributed by atoms with van der Waals surface area (Å²) in [6, 6.07) is 8.58. The molecule has 0 radical (unpaired) electrons. The van der Waals surface area contributed by atoms with E-state index in [0.29, 0.717) is 11.4 Å². The van der Waals surface area contributed by atoms with E-state index in [4.69, 9.17) is 4.74 Å². The molecule has 1 aromatic heterocycles. The van der Waals surface area contributed by atoms with Gasteiger partial charge in [0, 0.05) is 13.2 Å². The standard InChI is InChI=1S/C18H18FN3O3/c1-11-7-8-20-14(9-11)21-18(24)17-16(22(2)15(23)10-25-17)12-3-5-13(19)6-4-12/h3-9,16-17H,10H2,1-2H3,(H,20,21,24). The highest BCUT2D eigenvalue weighted by atomic mass is 19.1. The zero-order valence-corrected chi connectivity index (χ0v) is 13.9. The van der Waals surface area contributed by atoms with Crippen molar-refractivity contribution in [3.63, 3.8) is 0 Å².